The van der Waals surface area contributed by atoms with Crippen LogP contribution in [0.1, 0.15) is 20.3 Å². The number of halogens is 1. The molecule has 4 nitrogen and oxygen atoms in total. The summed E-state index contributed by atoms with van der Waals surface area (Å²) in [5.41, 5.74) is 7.40. The predicted octanol–water partition coefficient (Wildman–Crippen LogP) is 2.39. The molecule has 1 aliphatic rings. The Morgan fingerprint density at radius 3 is 2.85 bits per heavy atom. The lowest BCUT2D eigenvalue weighted by Crippen LogP contribution is -2.44. The summed E-state index contributed by atoms with van der Waals surface area (Å²) in [7, 11) is 0. The second kappa shape index (κ2) is 6.05. The molecule has 0 fully saturated rings. The van der Waals surface area contributed by atoms with Crippen molar-refractivity contribution in [2.75, 3.05) is 24.1 Å². The Morgan fingerprint density at radius 1 is 1.50 bits per heavy atom. The average molecular weight is 277 g/mol. The molecule has 0 radical (unpaired) electrons. The standard InChI is InChI=1S/C15H20FN3O/c1-10-5-7-19(8-6-10)11(2)15(20)18-12-3-4-13(16)14(17)9-12/h3-5,9,11H,6-8,17H2,1-2H3,(H,18,20). The van der Waals surface area contributed by atoms with Gasteiger partial charge in [-0.3, -0.25) is 9.69 Å². The van der Waals surface area contributed by atoms with Gasteiger partial charge in [0.25, 0.3) is 0 Å². The summed E-state index contributed by atoms with van der Waals surface area (Å²) in [5, 5.41) is 2.77. The Kier molecular flexibility index (Phi) is 4.39. The number of anilines is 2. The average Bonchev–Trinajstić information content (AvgIpc) is 2.43. The first-order valence-electron chi connectivity index (χ1n) is 6.73. The number of carbonyl (C=O) groups is 1. The maximum absolute atomic E-state index is 13.1. The van der Waals surface area contributed by atoms with Crippen LogP contribution in [-0.4, -0.2) is 29.9 Å². The van der Waals surface area contributed by atoms with Gasteiger partial charge >= 0.3 is 0 Å². The van der Waals surface area contributed by atoms with Crippen LogP contribution < -0.4 is 11.1 Å². The maximum Gasteiger partial charge on any atom is 0.241 e. The van der Waals surface area contributed by atoms with E-state index in [1.54, 1.807) is 0 Å². The number of amides is 1. The van der Waals surface area contributed by atoms with Crippen LogP contribution in [0, 0.1) is 5.82 Å². The number of benzene rings is 1. The summed E-state index contributed by atoms with van der Waals surface area (Å²) in [4.78, 5) is 14.3. The summed E-state index contributed by atoms with van der Waals surface area (Å²) in [6.45, 7) is 5.63. The molecule has 0 spiro atoms. The van der Waals surface area contributed by atoms with Crippen molar-refractivity contribution in [3.05, 3.63) is 35.7 Å². The lowest BCUT2D eigenvalue weighted by atomic mass is 10.1. The summed E-state index contributed by atoms with van der Waals surface area (Å²) in [6.07, 6.45) is 3.13. The number of hydrogen-bond donors (Lipinski definition) is 2. The lowest BCUT2D eigenvalue weighted by molar-refractivity contribution is -0.120. The molecular formula is C15H20FN3O. The predicted molar refractivity (Wildman–Crippen MR) is 78.9 cm³/mol. The number of nitrogen functional groups attached to an aromatic ring is 1. The molecule has 1 aromatic rings. The summed E-state index contributed by atoms with van der Waals surface area (Å²) >= 11 is 0. The third kappa shape index (κ3) is 3.36. The highest BCUT2D eigenvalue weighted by Gasteiger charge is 2.22. The van der Waals surface area contributed by atoms with Gasteiger partial charge < -0.3 is 11.1 Å². The number of nitrogens with one attached hydrogen (secondary N) is 1. The van der Waals surface area contributed by atoms with E-state index in [-0.39, 0.29) is 17.6 Å². The highest BCUT2D eigenvalue weighted by atomic mass is 19.1. The van der Waals surface area contributed by atoms with E-state index < -0.39 is 5.82 Å². The second-order valence-corrected chi connectivity index (χ2v) is 5.20. The van der Waals surface area contributed by atoms with Crippen LogP contribution in [0.25, 0.3) is 0 Å². The zero-order valence-corrected chi connectivity index (χ0v) is 11.8. The van der Waals surface area contributed by atoms with Gasteiger partial charge in [0.1, 0.15) is 5.82 Å². The minimum Gasteiger partial charge on any atom is -0.396 e. The van der Waals surface area contributed by atoms with Crippen LogP contribution in [0.2, 0.25) is 0 Å². The van der Waals surface area contributed by atoms with Gasteiger partial charge in [-0.1, -0.05) is 11.6 Å². The molecule has 3 N–H and O–H groups in total. The van der Waals surface area contributed by atoms with Crippen molar-refractivity contribution < 1.29 is 9.18 Å². The molecule has 20 heavy (non-hydrogen) atoms. The molecule has 2 rings (SSSR count). The number of rotatable bonds is 3. The Morgan fingerprint density at radius 2 is 2.25 bits per heavy atom. The largest absolute Gasteiger partial charge is 0.396 e. The van der Waals surface area contributed by atoms with Gasteiger partial charge in [-0.2, -0.15) is 0 Å². The van der Waals surface area contributed by atoms with Crippen molar-refractivity contribution in [1.82, 2.24) is 4.90 Å². The first kappa shape index (κ1) is 14.5. The zero-order valence-electron chi connectivity index (χ0n) is 11.8. The van der Waals surface area contributed by atoms with Gasteiger partial charge in [-0.05, 0) is 38.5 Å². The van der Waals surface area contributed by atoms with Crippen molar-refractivity contribution in [3.8, 4) is 0 Å². The molecule has 1 aromatic carbocycles. The topological polar surface area (TPSA) is 58.4 Å². The smallest absolute Gasteiger partial charge is 0.241 e. The van der Waals surface area contributed by atoms with E-state index >= 15 is 0 Å². The van der Waals surface area contributed by atoms with Crippen molar-refractivity contribution >= 4 is 17.3 Å². The molecule has 0 aliphatic carbocycles. The van der Waals surface area contributed by atoms with Gasteiger partial charge in [-0.15, -0.1) is 0 Å². The summed E-state index contributed by atoms with van der Waals surface area (Å²) in [5.74, 6) is -0.586. The number of carbonyl (C=O) groups excluding carboxylic acids is 1. The van der Waals surface area contributed by atoms with Crippen molar-refractivity contribution in [2.45, 2.75) is 26.3 Å². The molecule has 1 aliphatic heterocycles. The van der Waals surface area contributed by atoms with Crippen LogP contribution in [0.3, 0.4) is 0 Å². The Hall–Kier alpha value is -1.88. The summed E-state index contributed by atoms with van der Waals surface area (Å²) in [6, 6.07) is 3.96. The van der Waals surface area contributed by atoms with Gasteiger partial charge in [0, 0.05) is 18.8 Å². The van der Waals surface area contributed by atoms with Crippen molar-refractivity contribution in [3.63, 3.8) is 0 Å². The van der Waals surface area contributed by atoms with E-state index in [0.29, 0.717) is 5.69 Å². The van der Waals surface area contributed by atoms with E-state index in [1.807, 2.05) is 6.92 Å². The van der Waals surface area contributed by atoms with Crippen LogP contribution in [0.15, 0.2) is 29.8 Å². The number of hydrogen-bond acceptors (Lipinski definition) is 3. The van der Waals surface area contributed by atoms with Crippen molar-refractivity contribution in [1.29, 1.82) is 0 Å². The zero-order chi connectivity index (χ0) is 14.7. The molecule has 0 saturated carbocycles. The normalized spacial score (nSPS) is 17.4. The minimum absolute atomic E-state index is 0.0342. The molecule has 1 amide bonds. The highest BCUT2D eigenvalue weighted by molar-refractivity contribution is 5.94. The van der Waals surface area contributed by atoms with E-state index in [1.165, 1.54) is 23.8 Å². The van der Waals surface area contributed by atoms with Crippen LogP contribution in [-0.2, 0) is 4.79 Å². The number of nitrogens with zero attached hydrogens (tertiary/aromatic N) is 1. The first-order valence-corrected chi connectivity index (χ1v) is 6.73. The molecule has 0 bridgehead atoms. The first-order chi connectivity index (χ1) is 9.47. The molecule has 1 atom stereocenters. The Labute approximate surface area is 118 Å². The highest BCUT2D eigenvalue weighted by Crippen LogP contribution is 2.18. The van der Waals surface area contributed by atoms with E-state index in [4.69, 9.17) is 5.73 Å². The third-order valence-electron chi connectivity index (χ3n) is 3.66. The molecule has 1 unspecified atom stereocenters. The van der Waals surface area contributed by atoms with E-state index in [9.17, 15) is 9.18 Å². The fourth-order valence-corrected chi connectivity index (χ4v) is 2.17. The van der Waals surface area contributed by atoms with Gasteiger partial charge in [0.15, 0.2) is 0 Å². The summed E-state index contributed by atoms with van der Waals surface area (Å²) < 4.78 is 13.1. The molecule has 5 heteroatoms. The van der Waals surface area contributed by atoms with Gasteiger partial charge in [0.05, 0.1) is 11.7 Å². The molecule has 108 valence electrons. The fourth-order valence-electron chi connectivity index (χ4n) is 2.17. The van der Waals surface area contributed by atoms with Crippen LogP contribution >= 0.6 is 0 Å². The molecule has 0 aromatic heterocycles. The fraction of sp³-hybridized carbons (Fsp3) is 0.400. The Bertz CT molecular complexity index is 542. The maximum atomic E-state index is 13.1. The van der Waals surface area contributed by atoms with Crippen LogP contribution in [0.5, 0.6) is 0 Å². The quantitative estimate of drug-likeness (QED) is 0.659. The number of nitrogens with two attached hydrogens (primary N) is 1. The minimum atomic E-state index is -0.479. The SMILES string of the molecule is CC1=CCN(C(C)C(=O)Nc2ccc(F)c(N)c2)CC1. The monoisotopic (exact) mass is 277 g/mol. The molecule has 1 heterocycles. The molecular weight excluding hydrogens is 257 g/mol. The van der Waals surface area contributed by atoms with Gasteiger partial charge in [-0.25, -0.2) is 4.39 Å². The molecule has 0 saturated heterocycles. The van der Waals surface area contributed by atoms with E-state index in [2.05, 4.69) is 23.2 Å². The van der Waals surface area contributed by atoms with E-state index in [0.717, 1.165) is 19.5 Å². The van der Waals surface area contributed by atoms with Gasteiger partial charge in [0.2, 0.25) is 5.91 Å². The van der Waals surface area contributed by atoms with Crippen molar-refractivity contribution in [2.24, 2.45) is 0 Å². The third-order valence-corrected chi connectivity index (χ3v) is 3.66. The Balaban J connectivity index is 1.99. The van der Waals surface area contributed by atoms with Crippen LogP contribution in [0.4, 0.5) is 15.8 Å². The second-order valence-electron chi connectivity index (χ2n) is 5.20. The lowest BCUT2D eigenvalue weighted by Gasteiger charge is -2.30.